The predicted molar refractivity (Wildman–Crippen MR) is 93.1 cm³/mol. The molecular formula is C16H9F10N3O3S. The van der Waals surface area contributed by atoms with Crippen LogP contribution in [0.3, 0.4) is 0 Å². The molecule has 2 N–H and O–H groups in total. The lowest BCUT2D eigenvalue weighted by Crippen LogP contribution is -2.50. The predicted octanol–water partition coefficient (Wildman–Crippen LogP) is 4.39. The standard InChI is InChI=1S/C16H9F10N3O3S/c17-13(18,15(22,23)16(24,25)26)8-3-6(1-2-7(8)14(19,20)21)5-27-29-12-28-11(32)9(33-12)4-10(30)31/h1-3,5,9H,4H2,(H,30,31)(H,28,29,32). The number of carboxylic acids is 1. The smallest absolute Gasteiger partial charge is 0.460 e. The van der Waals surface area contributed by atoms with Gasteiger partial charge in [-0.2, -0.15) is 49.0 Å². The molecule has 0 spiro atoms. The van der Waals surface area contributed by atoms with Gasteiger partial charge in [-0.3, -0.25) is 9.59 Å². The molecule has 1 aromatic rings. The molecule has 1 aliphatic rings. The highest BCUT2D eigenvalue weighted by atomic mass is 32.2. The number of carbonyl (C=O) groups is 2. The van der Waals surface area contributed by atoms with Crippen molar-refractivity contribution in [3.05, 3.63) is 34.9 Å². The highest BCUT2D eigenvalue weighted by Gasteiger charge is 2.74. The number of aliphatic carboxylic acids is 1. The summed E-state index contributed by atoms with van der Waals surface area (Å²) < 4.78 is 131. The molecule has 1 atom stereocenters. The number of hydrogen-bond donors (Lipinski definition) is 2. The van der Waals surface area contributed by atoms with Crippen molar-refractivity contribution in [2.45, 2.75) is 35.9 Å². The lowest BCUT2D eigenvalue weighted by molar-refractivity contribution is -0.360. The zero-order chi connectivity index (χ0) is 25.4. The zero-order valence-electron chi connectivity index (χ0n) is 15.4. The molecule has 1 amide bonds. The number of thioether (sulfide) groups is 1. The van der Waals surface area contributed by atoms with Crippen molar-refractivity contribution in [3.8, 4) is 0 Å². The van der Waals surface area contributed by atoms with Gasteiger partial charge in [0.2, 0.25) is 5.91 Å². The number of nitrogens with one attached hydrogen (secondary N) is 1. The van der Waals surface area contributed by atoms with Crippen LogP contribution in [0.5, 0.6) is 0 Å². The first kappa shape index (κ1) is 26.4. The number of alkyl halides is 10. The summed E-state index contributed by atoms with van der Waals surface area (Å²) in [5, 5.41) is 16.0. The number of carboxylic acid groups (broad SMARTS) is 1. The van der Waals surface area contributed by atoms with Gasteiger partial charge in [-0.15, -0.1) is 5.10 Å². The number of carbonyl (C=O) groups excluding carboxylic acids is 1. The number of amides is 1. The van der Waals surface area contributed by atoms with Crippen LogP contribution in [0.15, 0.2) is 28.4 Å². The Labute approximate surface area is 180 Å². The number of nitrogens with zero attached hydrogens (tertiary/aromatic N) is 2. The van der Waals surface area contributed by atoms with E-state index in [0.29, 0.717) is 24.0 Å². The van der Waals surface area contributed by atoms with Crippen LogP contribution in [0, 0.1) is 0 Å². The van der Waals surface area contributed by atoms with E-state index < -0.39 is 64.4 Å². The second-order valence-electron chi connectivity index (χ2n) is 6.29. The maximum absolute atomic E-state index is 14.0. The third kappa shape index (κ3) is 5.56. The van der Waals surface area contributed by atoms with Crippen molar-refractivity contribution >= 4 is 35.0 Å². The van der Waals surface area contributed by atoms with Crippen LogP contribution in [0.2, 0.25) is 0 Å². The van der Waals surface area contributed by atoms with E-state index in [4.69, 9.17) is 5.11 Å². The average molecular weight is 513 g/mol. The second kappa shape index (κ2) is 8.83. The van der Waals surface area contributed by atoms with Crippen LogP contribution in [0.25, 0.3) is 0 Å². The Morgan fingerprint density at radius 1 is 1.06 bits per heavy atom. The average Bonchev–Trinajstić information content (AvgIpc) is 2.98. The van der Waals surface area contributed by atoms with Gasteiger partial charge in [0, 0.05) is 5.56 Å². The molecule has 1 aliphatic heterocycles. The van der Waals surface area contributed by atoms with E-state index in [0.717, 1.165) is 0 Å². The van der Waals surface area contributed by atoms with Crippen LogP contribution >= 0.6 is 11.8 Å². The highest BCUT2D eigenvalue weighted by molar-refractivity contribution is 8.15. The number of benzene rings is 1. The van der Waals surface area contributed by atoms with Crippen LogP contribution in [-0.4, -0.2) is 45.7 Å². The van der Waals surface area contributed by atoms with E-state index in [-0.39, 0.29) is 17.3 Å². The molecule has 33 heavy (non-hydrogen) atoms. The first-order chi connectivity index (χ1) is 14.9. The molecule has 6 nitrogen and oxygen atoms in total. The van der Waals surface area contributed by atoms with Crippen LogP contribution in [-0.2, 0) is 21.7 Å². The number of rotatable bonds is 6. The molecule has 2 rings (SSSR count). The molecule has 1 fully saturated rings. The largest absolute Gasteiger partial charge is 0.481 e. The van der Waals surface area contributed by atoms with Crippen molar-refractivity contribution in [2.75, 3.05) is 0 Å². The minimum absolute atomic E-state index is 0.126. The Bertz CT molecular complexity index is 1000. The molecular weight excluding hydrogens is 504 g/mol. The fraction of sp³-hybridized carbons (Fsp3) is 0.375. The summed E-state index contributed by atoms with van der Waals surface area (Å²) >= 11 is 0.603. The fourth-order valence-electron chi connectivity index (χ4n) is 2.39. The van der Waals surface area contributed by atoms with Gasteiger partial charge in [0.15, 0.2) is 5.17 Å². The maximum atomic E-state index is 14.0. The summed E-state index contributed by atoms with van der Waals surface area (Å²) in [5.41, 5.74) is -5.81. The Balaban J connectivity index is 2.42. The Morgan fingerprint density at radius 3 is 2.18 bits per heavy atom. The third-order valence-electron chi connectivity index (χ3n) is 3.93. The Morgan fingerprint density at radius 2 is 1.67 bits per heavy atom. The van der Waals surface area contributed by atoms with E-state index in [1.165, 1.54) is 0 Å². The first-order valence-electron chi connectivity index (χ1n) is 8.22. The van der Waals surface area contributed by atoms with Crippen LogP contribution < -0.4 is 5.32 Å². The van der Waals surface area contributed by atoms with Crippen molar-refractivity contribution in [1.82, 2.24) is 5.32 Å². The molecule has 1 heterocycles. The number of amidine groups is 1. The zero-order valence-corrected chi connectivity index (χ0v) is 16.3. The molecule has 1 aromatic carbocycles. The van der Waals surface area contributed by atoms with Gasteiger partial charge in [0.1, 0.15) is 5.25 Å². The summed E-state index contributed by atoms with van der Waals surface area (Å²) in [6, 6.07) is 0.0877. The maximum Gasteiger partial charge on any atom is 0.460 e. The summed E-state index contributed by atoms with van der Waals surface area (Å²) in [5.74, 6) is -15.2. The van der Waals surface area contributed by atoms with Gasteiger partial charge in [-0.1, -0.05) is 17.8 Å². The second-order valence-corrected chi connectivity index (χ2v) is 7.48. The van der Waals surface area contributed by atoms with Crippen molar-refractivity contribution in [2.24, 2.45) is 10.2 Å². The van der Waals surface area contributed by atoms with Gasteiger partial charge in [0.25, 0.3) is 0 Å². The monoisotopic (exact) mass is 513 g/mol. The summed E-state index contributed by atoms with van der Waals surface area (Å²) in [6.45, 7) is 0. The van der Waals surface area contributed by atoms with Crippen molar-refractivity contribution in [3.63, 3.8) is 0 Å². The lowest BCUT2D eigenvalue weighted by Gasteiger charge is -2.30. The lowest BCUT2D eigenvalue weighted by atomic mass is 9.94. The molecule has 182 valence electrons. The summed E-state index contributed by atoms with van der Waals surface area (Å²) in [6.07, 6.45) is -12.7. The summed E-state index contributed by atoms with van der Waals surface area (Å²) in [4.78, 5) is 22.2. The van der Waals surface area contributed by atoms with Gasteiger partial charge in [-0.05, 0) is 17.7 Å². The van der Waals surface area contributed by atoms with E-state index >= 15 is 0 Å². The quantitative estimate of drug-likeness (QED) is 0.336. The van der Waals surface area contributed by atoms with E-state index in [1.807, 2.05) is 0 Å². The Kier molecular flexibility index (Phi) is 7.06. The molecule has 0 aromatic heterocycles. The third-order valence-corrected chi connectivity index (χ3v) is 5.00. The van der Waals surface area contributed by atoms with E-state index in [2.05, 4.69) is 15.5 Å². The molecule has 0 saturated carbocycles. The minimum Gasteiger partial charge on any atom is -0.481 e. The van der Waals surface area contributed by atoms with E-state index in [1.54, 1.807) is 0 Å². The minimum atomic E-state index is -6.86. The SMILES string of the molecule is O=C(O)CC1SC(=NN=Cc2ccc(C(F)(F)F)c(C(F)(F)C(F)(F)C(F)(F)F)c2)NC1=O. The highest BCUT2D eigenvalue weighted by Crippen LogP contribution is 2.54. The van der Waals surface area contributed by atoms with Gasteiger partial charge in [0.05, 0.1) is 18.2 Å². The van der Waals surface area contributed by atoms with Crippen LogP contribution in [0.4, 0.5) is 43.9 Å². The number of halogens is 10. The number of hydrogen-bond acceptors (Lipinski definition) is 5. The summed E-state index contributed by atoms with van der Waals surface area (Å²) in [7, 11) is 0. The molecule has 1 saturated heterocycles. The molecule has 17 heteroatoms. The normalized spacial score (nSPS) is 19.4. The molecule has 0 radical (unpaired) electrons. The molecule has 0 bridgehead atoms. The molecule has 0 aliphatic carbocycles. The Hall–Kier alpha value is -2.85. The fourth-order valence-corrected chi connectivity index (χ4v) is 3.30. The van der Waals surface area contributed by atoms with Crippen molar-refractivity contribution in [1.29, 1.82) is 0 Å². The van der Waals surface area contributed by atoms with Crippen molar-refractivity contribution < 1.29 is 58.6 Å². The van der Waals surface area contributed by atoms with Crippen LogP contribution in [0.1, 0.15) is 23.1 Å². The molecule has 1 unspecified atom stereocenters. The van der Waals surface area contributed by atoms with Gasteiger partial charge in [-0.25, -0.2) is 0 Å². The topological polar surface area (TPSA) is 91.1 Å². The van der Waals surface area contributed by atoms with Gasteiger partial charge < -0.3 is 10.4 Å². The van der Waals surface area contributed by atoms with Gasteiger partial charge >= 0.3 is 30.2 Å². The first-order valence-corrected chi connectivity index (χ1v) is 9.10. The van der Waals surface area contributed by atoms with E-state index in [9.17, 15) is 53.5 Å².